The molecule has 8 heteroatoms. The molecule has 2 aromatic rings. The number of hydrogen-bond acceptors (Lipinski definition) is 5. The van der Waals surface area contributed by atoms with E-state index in [1.165, 1.54) is 6.07 Å². The summed E-state index contributed by atoms with van der Waals surface area (Å²) in [5, 5.41) is 12.3. The number of nitrogens with one attached hydrogen (secondary N) is 1. The largest absolute Gasteiger partial charge is 0.396 e. The lowest BCUT2D eigenvalue weighted by Crippen LogP contribution is -2.15. The van der Waals surface area contributed by atoms with Crippen molar-refractivity contribution in [1.82, 2.24) is 9.78 Å². The molecule has 0 saturated carbocycles. The van der Waals surface area contributed by atoms with Crippen LogP contribution >= 0.6 is 0 Å². The van der Waals surface area contributed by atoms with Crippen LogP contribution in [0.25, 0.3) is 0 Å². The molecule has 102 valence electrons. The normalized spacial score (nSPS) is 11.5. The Bertz CT molecular complexity index is 693. The Hall–Kier alpha value is -2.06. The van der Waals surface area contributed by atoms with E-state index in [1.807, 2.05) is 19.3 Å². The van der Waals surface area contributed by atoms with E-state index in [1.54, 1.807) is 16.8 Å². The number of nitrogens with zero attached hydrogens (tertiary/aromatic N) is 2. The summed E-state index contributed by atoms with van der Waals surface area (Å²) in [6.07, 6.45) is 1.82. The summed E-state index contributed by atoms with van der Waals surface area (Å²) in [7, 11) is -2.00. The third kappa shape index (κ3) is 3.04. The minimum Gasteiger partial charge on any atom is -0.396 e. The van der Waals surface area contributed by atoms with E-state index in [-0.39, 0.29) is 10.6 Å². The average Bonchev–Trinajstić information content (AvgIpc) is 2.72. The maximum atomic E-state index is 11.3. The van der Waals surface area contributed by atoms with Crippen LogP contribution in [0, 0.1) is 0 Å². The lowest BCUT2D eigenvalue weighted by molar-refractivity contribution is 0.598. The van der Waals surface area contributed by atoms with Crippen molar-refractivity contribution in [1.29, 1.82) is 0 Å². The molecule has 0 aliphatic heterocycles. The maximum absolute atomic E-state index is 11.3. The zero-order valence-electron chi connectivity index (χ0n) is 10.4. The predicted octanol–water partition coefficient (Wildman–Crippen LogP) is 0.262. The highest BCUT2D eigenvalue weighted by Crippen LogP contribution is 2.25. The first-order valence-corrected chi connectivity index (χ1v) is 7.06. The van der Waals surface area contributed by atoms with Crippen LogP contribution in [0.15, 0.2) is 35.4 Å². The molecular weight excluding hydrogens is 266 g/mol. The van der Waals surface area contributed by atoms with Crippen molar-refractivity contribution in [3.05, 3.63) is 36.2 Å². The van der Waals surface area contributed by atoms with Crippen LogP contribution in [-0.4, -0.2) is 18.2 Å². The molecule has 1 aromatic carbocycles. The van der Waals surface area contributed by atoms with Crippen molar-refractivity contribution in [2.24, 2.45) is 12.2 Å². The maximum Gasteiger partial charge on any atom is 0.240 e. The van der Waals surface area contributed by atoms with Gasteiger partial charge in [-0.3, -0.25) is 4.68 Å². The van der Waals surface area contributed by atoms with Gasteiger partial charge in [-0.05, 0) is 18.2 Å². The number of nitrogens with two attached hydrogens (primary N) is 2. The summed E-state index contributed by atoms with van der Waals surface area (Å²) < 4.78 is 24.4. The topological polar surface area (TPSA) is 116 Å². The molecule has 0 aliphatic carbocycles. The Labute approximate surface area is 111 Å². The van der Waals surface area contributed by atoms with Crippen LogP contribution < -0.4 is 16.2 Å². The number of para-hydroxylation sites is 1. The lowest BCUT2D eigenvalue weighted by atomic mass is 10.2. The molecule has 0 unspecified atom stereocenters. The number of hydrogen-bond donors (Lipinski definition) is 3. The summed E-state index contributed by atoms with van der Waals surface area (Å²) in [6.45, 7) is 0.444. The Morgan fingerprint density at radius 3 is 2.68 bits per heavy atom. The molecule has 19 heavy (non-hydrogen) atoms. The quantitative estimate of drug-likeness (QED) is 0.695. The lowest BCUT2D eigenvalue weighted by Gasteiger charge is -2.10. The highest BCUT2D eigenvalue weighted by molar-refractivity contribution is 7.89. The summed E-state index contributed by atoms with van der Waals surface area (Å²) >= 11 is 0. The molecule has 2 rings (SSSR count). The van der Waals surface area contributed by atoms with Gasteiger partial charge in [0.05, 0.1) is 23.6 Å². The fourth-order valence-electron chi connectivity index (χ4n) is 1.69. The van der Waals surface area contributed by atoms with Crippen LogP contribution in [0.3, 0.4) is 0 Å². The first kappa shape index (κ1) is 13.4. The Morgan fingerprint density at radius 2 is 2.11 bits per heavy atom. The molecule has 0 fully saturated rings. The highest BCUT2D eigenvalue weighted by Gasteiger charge is 2.14. The van der Waals surface area contributed by atoms with Gasteiger partial charge in [0, 0.05) is 13.2 Å². The Balaban J connectivity index is 2.22. The summed E-state index contributed by atoms with van der Waals surface area (Å²) in [5.74, 6) is 0. The second kappa shape index (κ2) is 4.90. The smallest absolute Gasteiger partial charge is 0.240 e. The Morgan fingerprint density at radius 1 is 1.37 bits per heavy atom. The summed E-state index contributed by atoms with van der Waals surface area (Å²) in [4.78, 5) is -0.0847. The SMILES string of the molecule is Cn1ccc(CNc2cccc(S(N)(=O)=O)c2N)n1. The van der Waals surface area contributed by atoms with Crippen molar-refractivity contribution in [2.75, 3.05) is 11.1 Å². The third-order valence-electron chi connectivity index (χ3n) is 2.60. The zero-order valence-corrected chi connectivity index (χ0v) is 11.2. The van der Waals surface area contributed by atoms with Gasteiger partial charge in [-0.1, -0.05) is 6.07 Å². The van der Waals surface area contributed by atoms with E-state index >= 15 is 0 Å². The first-order valence-electron chi connectivity index (χ1n) is 5.51. The number of aryl methyl sites for hydroxylation is 1. The van der Waals surface area contributed by atoms with Crippen LogP contribution in [0.4, 0.5) is 11.4 Å². The molecular formula is C11H15N5O2S. The van der Waals surface area contributed by atoms with Crippen molar-refractivity contribution in [3.8, 4) is 0 Å². The molecule has 0 atom stereocenters. The molecule has 5 N–H and O–H groups in total. The van der Waals surface area contributed by atoms with Gasteiger partial charge in [0.1, 0.15) is 4.90 Å². The van der Waals surface area contributed by atoms with Crippen molar-refractivity contribution < 1.29 is 8.42 Å². The predicted molar refractivity (Wildman–Crippen MR) is 72.8 cm³/mol. The second-order valence-corrected chi connectivity index (χ2v) is 5.63. The average molecular weight is 281 g/mol. The summed E-state index contributed by atoms with van der Waals surface area (Å²) in [5.41, 5.74) is 7.24. The number of benzene rings is 1. The number of nitrogen functional groups attached to an aromatic ring is 1. The van der Waals surface area contributed by atoms with Crippen molar-refractivity contribution in [2.45, 2.75) is 11.4 Å². The van der Waals surface area contributed by atoms with Crippen LogP contribution in [0.5, 0.6) is 0 Å². The van der Waals surface area contributed by atoms with E-state index in [9.17, 15) is 8.42 Å². The monoisotopic (exact) mass is 281 g/mol. The van der Waals surface area contributed by atoms with Gasteiger partial charge in [0.25, 0.3) is 0 Å². The van der Waals surface area contributed by atoms with Gasteiger partial charge in [0.2, 0.25) is 10.0 Å². The number of aromatic nitrogens is 2. The van der Waals surface area contributed by atoms with Gasteiger partial charge in [0.15, 0.2) is 0 Å². The summed E-state index contributed by atoms with van der Waals surface area (Å²) in [6, 6.07) is 6.49. The minimum absolute atomic E-state index is 0.0847. The molecule has 1 aromatic heterocycles. The molecule has 0 spiro atoms. The first-order chi connectivity index (χ1) is 8.88. The molecule has 0 amide bonds. The van der Waals surface area contributed by atoms with Crippen LogP contribution in [0.2, 0.25) is 0 Å². The van der Waals surface area contributed by atoms with Gasteiger partial charge in [-0.15, -0.1) is 0 Å². The van der Waals surface area contributed by atoms with E-state index in [0.717, 1.165) is 5.69 Å². The fraction of sp³-hybridized carbons (Fsp3) is 0.182. The molecule has 0 aliphatic rings. The highest BCUT2D eigenvalue weighted by atomic mass is 32.2. The minimum atomic E-state index is -3.82. The zero-order chi connectivity index (χ0) is 14.0. The van der Waals surface area contributed by atoms with E-state index in [0.29, 0.717) is 12.2 Å². The fourth-order valence-corrected chi connectivity index (χ4v) is 2.37. The molecule has 1 heterocycles. The molecule has 0 saturated heterocycles. The van der Waals surface area contributed by atoms with E-state index < -0.39 is 10.0 Å². The number of rotatable bonds is 4. The third-order valence-corrected chi connectivity index (χ3v) is 3.57. The van der Waals surface area contributed by atoms with Crippen molar-refractivity contribution in [3.63, 3.8) is 0 Å². The number of sulfonamides is 1. The standard InChI is InChI=1S/C11H15N5O2S/c1-16-6-5-8(15-16)7-14-9-3-2-4-10(11(9)12)19(13,17)18/h2-6,14H,7,12H2,1H3,(H2,13,17,18). The van der Waals surface area contributed by atoms with Gasteiger partial charge < -0.3 is 11.1 Å². The van der Waals surface area contributed by atoms with Gasteiger partial charge in [-0.25, -0.2) is 13.6 Å². The van der Waals surface area contributed by atoms with E-state index in [2.05, 4.69) is 10.4 Å². The van der Waals surface area contributed by atoms with Crippen LogP contribution in [0.1, 0.15) is 5.69 Å². The number of anilines is 2. The van der Waals surface area contributed by atoms with Gasteiger partial charge >= 0.3 is 0 Å². The second-order valence-electron chi connectivity index (χ2n) is 4.10. The molecule has 0 bridgehead atoms. The van der Waals surface area contributed by atoms with Crippen molar-refractivity contribution >= 4 is 21.4 Å². The molecule has 7 nitrogen and oxygen atoms in total. The van der Waals surface area contributed by atoms with Crippen LogP contribution in [-0.2, 0) is 23.6 Å². The Kier molecular flexibility index (Phi) is 3.45. The molecule has 0 radical (unpaired) electrons. The van der Waals surface area contributed by atoms with Gasteiger partial charge in [-0.2, -0.15) is 5.10 Å². The van der Waals surface area contributed by atoms with E-state index in [4.69, 9.17) is 10.9 Å². The number of primary sulfonamides is 1.